The van der Waals surface area contributed by atoms with Crippen LogP contribution in [0.25, 0.3) is 0 Å². The first-order valence-corrected chi connectivity index (χ1v) is 6.86. The summed E-state index contributed by atoms with van der Waals surface area (Å²) in [6.45, 7) is 3.20. The van der Waals surface area contributed by atoms with Gasteiger partial charge in [0, 0.05) is 12.6 Å². The van der Waals surface area contributed by atoms with Crippen LogP contribution in [0.2, 0.25) is 0 Å². The third-order valence-corrected chi connectivity index (χ3v) is 3.21. The number of unbranched alkanes of at least 4 members (excludes halogenated alkanes) is 3. The average Bonchev–Trinajstić information content (AvgIpc) is 2.42. The van der Waals surface area contributed by atoms with E-state index in [0.29, 0.717) is 0 Å². The molecule has 1 unspecified atom stereocenters. The van der Waals surface area contributed by atoms with Crippen molar-refractivity contribution in [3.63, 3.8) is 0 Å². The molecule has 0 fully saturated rings. The molecule has 3 nitrogen and oxygen atoms in total. The highest BCUT2D eigenvalue weighted by molar-refractivity contribution is 5.30. The molecule has 0 saturated carbocycles. The van der Waals surface area contributed by atoms with E-state index in [4.69, 9.17) is 9.84 Å². The van der Waals surface area contributed by atoms with Gasteiger partial charge in [0.2, 0.25) is 0 Å². The number of hydrogen-bond acceptors (Lipinski definition) is 3. The molecule has 19 heavy (non-hydrogen) atoms. The van der Waals surface area contributed by atoms with Gasteiger partial charge in [0.05, 0.1) is 7.11 Å². The molecular formula is C15H24FNO2. The fraction of sp³-hybridized carbons (Fsp3) is 0.600. The first-order valence-electron chi connectivity index (χ1n) is 6.86. The molecule has 0 aromatic heterocycles. The Labute approximate surface area is 114 Å². The second kappa shape index (κ2) is 8.88. The van der Waals surface area contributed by atoms with E-state index in [1.54, 1.807) is 6.07 Å². The van der Waals surface area contributed by atoms with Gasteiger partial charge in [-0.1, -0.05) is 18.9 Å². The first kappa shape index (κ1) is 15.9. The largest absolute Gasteiger partial charge is 0.494 e. The molecule has 2 N–H and O–H groups in total. The Bertz CT molecular complexity index is 371. The van der Waals surface area contributed by atoms with Gasteiger partial charge in [-0.3, -0.25) is 0 Å². The summed E-state index contributed by atoms with van der Waals surface area (Å²) in [5.41, 5.74) is 0.925. The minimum Gasteiger partial charge on any atom is -0.494 e. The Balaban J connectivity index is 2.33. The van der Waals surface area contributed by atoms with Gasteiger partial charge >= 0.3 is 0 Å². The Hall–Kier alpha value is -1.13. The monoisotopic (exact) mass is 269 g/mol. The Morgan fingerprint density at radius 1 is 1.26 bits per heavy atom. The molecule has 0 saturated heterocycles. The molecule has 4 heteroatoms. The highest BCUT2D eigenvalue weighted by Crippen LogP contribution is 2.21. The number of nitrogens with one attached hydrogen (secondary N) is 1. The molecule has 1 aromatic rings. The number of ether oxygens (including phenoxy) is 1. The van der Waals surface area contributed by atoms with Crippen LogP contribution in [-0.2, 0) is 0 Å². The molecule has 0 aliphatic heterocycles. The van der Waals surface area contributed by atoms with E-state index in [-0.39, 0.29) is 24.2 Å². The molecule has 0 heterocycles. The number of hydrogen-bond donors (Lipinski definition) is 2. The van der Waals surface area contributed by atoms with Crippen molar-refractivity contribution in [3.05, 3.63) is 29.6 Å². The molecule has 0 radical (unpaired) electrons. The van der Waals surface area contributed by atoms with Gasteiger partial charge in [-0.05, 0) is 44.0 Å². The van der Waals surface area contributed by atoms with E-state index < -0.39 is 0 Å². The molecule has 0 aliphatic carbocycles. The van der Waals surface area contributed by atoms with Crippen LogP contribution in [0.3, 0.4) is 0 Å². The zero-order chi connectivity index (χ0) is 14.1. The lowest BCUT2D eigenvalue weighted by atomic mass is 10.1. The van der Waals surface area contributed by atoms with E-state index in [2.05, 4.69) is 5.32 Å². The average molecular weight is 269 g/mol. The number of benzene rings is 1. The van der Waals surface area contributed by atoms with Gasteiger partial charge < -0.3 is 15.2 Å². The van der Waals surface area contributed by atoms with Gasteiger partial charge in [-0.15, -0.1) is 0 Å². The van der Waals surface area contributed by atoms with E-state index in [9.17, 15) is 4.39 Å². The van der Waals surface area contributed by atoms with Crippen LogP contribution in [0.4, 0.5) is 4.39 Å². The van der Waals surface area contributed by atoms with Crippen molar-refractivity contribution in [1.29, 1.82) is 0 Å². The molecule has 0 spiro atoms. The van der Waals surface area contributed by atoms with Crippen molar-refractivity contribution in [2.24, 2.45) is 0 Å². The van der Waals surface area contributed by atoms with Crippen LogP contribution in [-0.4, -0.2) is 25.4 Å². The van der Waals surface area contributed by atoms with Gasteiger partial charge in [0.25, 0.3) is 0 Å². The summed E-state index contributed by atoms with van der Waals surface area (Å²) in [6, 6.07) is 5.18. The third-order valence-electron chi connectivity index (χ3n) is 3.21. The van der Waals surface area contributed by atoms with Crippen molar-refractivity contribution >= 4 is 0 Å². The summed E-state index contributed by atoms with van der Waals surface area (Å²) < 4.78 is 18.5. The summed E-state index contributed by atoms with van der Waals surface area (Å²) in [5.74, 6) is -0.0449. The van der Waals surface area contributed by atoms with Crippen molar-refractivity contribution < 1.29 is 14.2 Å². The minimum atomic E-state index is -0.323. The van der Waals surface area contributed by atoms with Crippen LogP contribution in [0, 0.1) is 5.82 Å². The van der Waals surface area contributed by atoms with Crippen molar-refractivity contribution in [2.75, 3.05) is 20.3 Å². The van der Waals surface area contributed by atoms with Crippen LogP contribution in [0.15, 0.2) is 18.2 Å². The summed E-state index contributed by atoms with van der Waals surface area (Å²) in [4.78, 5) is 0. The lowest BCUT2D eigenvalue weighted by Crippen LogP contribution is -2.20. The smallest absolute Gasteiger partial charge is 0.165 e. The second-order valence-electron chi connectivity index (χ2n) is 4.71. The highest BCUT2D eigenvalue weighted by atomic mass is 19.1. The second-order valence-corrected chi connectivity index (χ2v) is 4.71. The van der Waals surface area contributed by atoms with Crippen molar-refractivity contribution in [1.82, 2.24) is 5.32 Å². The highest BCUT2D eigenvalue weighted by Gasteiger charge is 2.08. The molecule has 0 aliphatic rings. The number of aliphatic hydroxyl groups is 1. The maximum absolute atomic E-state index is 13.6. The molecule has 1 rings (SSSR count). The van der Waals surface area contributed by atoms with Gasteiger partial charge in [-0.2, -0.15) is 0 Å². The summed E-state index contributed by atoms with van der Waals surface area (Å²) >= 11 is 0. The topological polar surface area (TPSA) is 41.5 Å². The van der Waals surface area contributed by atoms with Gasteiger partial charge in [0.15, 0.2) is 11.6 Å². The SMILES string of the molecule is COc1ccc(C(C)NCCCCCCO)cc1F. The van der Waals surface area contributed by atoms with Gasteiger partial charge in [-0.25, -0.2) is 4.39 Å². The molecule has 108 valence electrons. The number of rotatable bonds is 9. The predicted molar refractivity (Wildman–Crippen MR) is 74.9 cm³/mol. The molecule has 1 atom stereocenters. The van der Waals surface area contributed by atoms with E-state index in [1.165, 1.54) is 13.2 Å². The van der Waals surface area contributed by atoms with Gasteiger partial charge in [0.1, 0.15) is 0 Å². The fourth-order valence-corrected chi connectivity index (χ4v) is 1.98. The molecule has 0 bridgehead atoms. The zero-order valence-electron chi connectivity index (χ0n) is 11.8. The summed E-state index contributed by atoms with van der Waals surface area (Å²) in [6.07, 6.45) is 4.11. The maximum Gasteiger partial charge on any atom is 0.165 e. The first-order chi connectivity index (χ1) is 9.19. The predicted octanol–water partition coefficient (Wildman–Crippen LogP) is 3.04. The maximum atomic E-state index is 13.6. The zero-order valence-corrected chi connectivity index (χ0v) is 11.8. The Morgan fingerprint density at radius 3 is 2.63 bits per heavy atom. The summed E-state index contributed by atoms with van der Waals surface area (Å²) in [5, 5.41) is 12.0. The fourth-order valence-electron chi connectivity index (χ4n) is 1.98. The van der Waals surface area contributed by atoms with Crippen LogP contribution >= 0.6 is 0 Å². The van der Waals surface area contributed by atoms with E-state index >= 15 is 0 Å². The Morgan fingerprint density at radius 2 is 2.00 bits per heavy atom. The third kappa shape index (κ3) is 5.57. The molecule has 1 aromatic carbocycles. The number of halogens is 1. The van der Waals surface area contributed by atoms with E-state index in [1.807, 2.05) is 13.0 Å². The number of aliphatic hydroxyl groups excluding tert-OH is 1. The minimum absolute atomic E-state index is 0.123. The molecular weight excluding hydrogens is 245 g/mol. The number of methoxy groups -OCH3 is 1. The lowest BCUT2D eigenvalue weighted by molar-refractivity contribution is 0.282. The van der Waals surface area contributed by atoms with Crippen molar-refractivity contribution in [3.8, 4) is 5.75 Å². The van der Waals surface area contributed by atoms with E-state index in [0.717, 1.165) is 37.8 Å². The quantitative estimate of drug-likeness (QED) is 0.677. The lowest BCUT2D eigenvalue weighted by Gasteiger charge is -2.15. The van der Waals surface area contributed by atoms with Crippen molar-refractivity contribution in [2.45, 2.75) is 38.6 Å². The standard InChI is InChI=1S/C15H24FNO2/c1-12(17-9-5-3-4-6-10-18)13-7-8-15(19-2)14(16)11-13/h7-8,11-12,17-18H,3-6,9-10H2,1-2H3. The molecule has 0 amide bonds. The summed E-state index contributed by atoms with van der Waals surface area (Å²) in [7, 11) is 1.46. The van der Waals surface area contributed by atoms with Crippen LogP contribution in [0.1, 0.15) is 44.2 Å². The normalized spacial score (nSPS) is 12.4. The van der Waals surface area contributed by atoms with Crippen LogP contribution < -0.4 is 10.1 Å². The Kier molecular flexibility index (Phi) is 7.45. The van der Waals surface area contributed by atoms with Crippen LogP contribution in [0.5, 0.6) is 5.75 Å².